The zero-order valence-corrected chi connectivity index (χ0v) is 8.05. The van der Waals surface area contributed by atoms with Gasteiger partial charge in [0.2, 0.25) is 0 Å². The van der Waals surface area contributed by atoms with Gasteiger partial charge in [0.05, 0.1) is 0 Å². The van der Waals surface area contributed by atoms with Crippen LogP contribution in [0.15, 0.2) is 30.3 Å². The van der Waals surface area contributed by atoms with Gasteiger partial charge in [-0.25, -0.2) is 0 Å². The monoisotopic (exact) mass is 195 g/mol. The molecule has 0 aliphatic heterocycles. The minimum absolute atomic E-state index is 0.0462. The van der Waals surface area contributed by atoms with Crippen molar-refractivity contribution in [3.05, 3.63) is 35.9 Å². The Balaban J connectivity index is 2.49. The lowest BCUT2D eigenvalue weighted by atomic mass is 10.1. The van der Waals surface area contributed by atoms with Crippen LogP contribution >= 0.6 is 11.8 Å². The van der Waals surface area contributed by atoms with Gasteiger partial charge in [0.1, 0.15) is 0 Å². The molecule has 0 heterocycles. The number of amidine groups is 1. The molecule has 1 aromatic carbocycles. The van der Waals surface area contributed by atoms with Crippen LogP contribution in [0.3, 0.4) is 0 Å². The summed E-state index contributed by atoms with van der Waals surface area (Å²) < 4.78 is 0. The number of thioether (sulfide) groups is 1. The van der Waals surface area contributed by atoms with Crippen molar-refractivity contribution in [1.29, 1.82) is 5.41 Å². The molecule has 70 valence electrons. The lowest BCUT2D eigenvalue weighted by Gasteiger charge is -2.10. The summed E-state index contributed by atoms with van der Waals surface area (Å²) >= 11 is 1.27. The predicted octanol–water partition coefficient (Wildman–Crippen LogP) is 1.31. The van der Waals surface area contributed by atoms with Crippen LogP contribution < -0.4 is 11.5 Å². The highest BCUT2D eigenvalue weighted by Gasteiger charge is 2.05. The fourth-order valence-corrected chi connectivity index (χ4v) is 1.53. The van der Waals surface area contributed by atoms with Crippen molar-refractivity contribution in [3.63, 3.8) is 0 Å². The Morgan fingerprint density at radius 2 is 2.00 bits per heavy atom. The van der Waals surface area contributed by atoms with Gasteiger partial charge >= 0.3 is 0 Å². The third-order valence-electron chi connectivity index (χ3n) is 1.65. The topological polar surface area (TPSA) is 75.9 Å². The SMILES string of the molecule is N=C(N)SCC(N)c1ccccc1. The van der Waals surface area contributed by atoms with Crippen molar-refractivity contribution in [2.45, 2.75) is 6.04 Å². The van der Waals surface area contributed by atoms with Gasteiger partial charge in [0, 0.05) is 11.8 Å². The number of nitrogens with one attached hydrogen (secondary N) is 1. The van der Waals surface area contributed by atoms with Crippen LogP contribution in [-0.4, -0.2) is 10.9 Å². The van der Waals surface area contributed by atoms with Crippen molar-refractivity contribution >= 4 is 16.9 Å². The van der Waals surface area contributed by atoms with Crippen LogP contribution in [0.25, 0.3) is 0 Å². The molecule has 1 rings (SSSR count). The smallest absolute Gasteiger partial charge is 0.151 e. The van der Waals surface area contributed by atoms with Crippen molar-refractivity contribution in [2.24, 2.45) is 11.5 Å². The highest BCUT2D eigenvalue weighted by atomic mass is 32.2. The molecule has 0 saturated carbocycles. The molecule has 1 atom stereocenters. The van der Waals surface area contributed by atoms with Gasteiger partial charge in [-0.05, 0) is 5.56 Å². The van der Waals surface area contributed by atoms with Gasteiger partial charge in [-0.3, -0.25) is 5.41 Å². The molecule has 3 nitrogen and oxygen atoms in total. The fourth-order valence-electron chi connectivity index (χ4n) is 0.976. The van der Waals surface area contributed by atoms with Crippen molar-refractivity contribution in [1.82, 2.24) is 0 Å². The molecule has 0 aromatic heterocycles. The molecule has 0 amide bonds. The molecule has 4 heteroatoms. The Hall–Kier alpha value is -1.00. The largest absolute Gasteiger partial charge is 0.379 e. The molecule has 13 heavy (non-hydrogen) atoms. The average molecular weight is 195 g/mol. The first-order valence-corrected chi connectivity index (χ1v) is 4.96. The third kappa shape index (κ3) is 3.48. The summed E-state index contributed by atoms with van der Waals surface area (Å²) in [6.45, 7) is 0. The van der Waals surface area contributed by atoms with E-state index in [-0.39, 0.29) is 11.2 Å². The summed E-state index contributed by atoms with van der Waals surface area (Å²) in [5, 5.41) is 7.15. The van der Waals surface area contributed by atoms with Crippen LogP contribution in [0, 0.1) is 5.41 Å². The van der Waals surface area contributed by atoms with Crippen LogP contribution in [0.2, 0.25) is 0 Å². The van der Waals surface area contributed by atoms with Crippen LogP contribution in [0.1, 0.15) is 11.6 Å². The van der Waals surface area contributed by atoms with Crippen molar-refractivity contribution in [2.75, 3.05) is 5.75 Å². The van der Waals surface area contributed by atoms with E-state index in [0.717, 1.165) is 5.56 Å². The normalized spacial score (nSPS) is 12.4. The zero-order chi connectivity index (χ0) is 9.68. The molecule has 0 bridgehead atoms. The van der Waals surface area contributed by atoms with Gasteiger partial charge in [-0.15, -0.1) is 0 Å². The Bertz CT molecular complexity index is 273. The zero-order valence-electron chi connectivity index (χ0n) is 7.23. The van der Waals surface area contributed by atoms with Gasteiger partial charge in [0.25, 0.3) is 0 Å². The summed E-state index contributed by atoms with van der Waals surface area (Å²) in [6.07, 6.45) is 0. The molecule has 5 N–H and O–H groups in total. The molecule has 0 fully saturated rings. The number of benzene rings is 1. The molecule has 0 radical (unpaired) electrons. The second-order valence-corrected chi connectivity index (χ2v) is 3.75. The van der Waals surface area contributed by atoms with Gasteiger partial charge in [-0.1, -0.05) is 42.1 Å². The maximum atomic E-state index is 7.04. The van der Waals surface area contributed by atoms with E-state index >= 15 is 0 Å². The first-order chi connectivity index (χ1) is 6.20. The highest BCUT2D eigenvalue weighted by Crippen LogP contribution is 2.14. The van der Waals surface area contributed by atoms with E-state index in [4.69, 9.17) is 16.9 Å². The quantitative estimate of drug-likeness (QED) is 0.503. The highest BCUT2D eigenvalue weighted by molar-refractivity contribution is 8.13. The summed E-state index contributed by atoms with van der Waals surface area (Å²) in [5.74, 6) is 0.652. The fraction of sp³-hybridized carbons (Fsp3) is 0.222. The first-order valence-electron chi connectivity index (χ1n) is 3.97. The Labute approximate surface area is 82.0 Å². The lowest BCUT2D eigenvalue weighted by Crippen LogP contribution is -2.16. The van der Waals surface area contributed by atoms with Crippen LogP contribution in [0.5, 0.6) is 0 Å². The van der Waals surface area contributed by atoms with E-state index in [1.165, 1.54) is 11.8 Å². The second kappa shape index (κ2) is 4.89. The summed E-state index contributed by atoms with van der Waals surface area (Å²) in [4.78, 5) is 0. The molecule has 1 unspecified atom stereocenters. The Kier molecular flexibility index (Phi) is 3.79. The average Bonchev–Trinajstić information content (AvgIpc) is 2.15. The van der Waals surface area contributed by atoms with Gasteiger partial charge in [0.15, 0.2) is 5.17 Å². The standard InChI is InChI=1S/C9H13N3S/c10-8(6-13-9(11)12)7-4-2-1-3-5-7/h1-5,8H,6,10H2,(H3,11,12). The van der Waals surface area contributed by atoms with Crippen LogP contribution in [-0.2, 0) is 0 Å². The molecule has 0 saturated heterocycles. The third-order valence-corrected chi connectivity index (χ3v) is 2.48. The molecule has 0 aliphatic rings. The predicted molar refractivity (Wildman–Crippen MR) is 57.7 cm³/mol. The molecule has 1 aromatic rings. The van der Waals surface area contributed by atoms with Crippen molar-refractivity contribution < 1.29 is 0 Å². The number of rotatable bonds is 3. The Morgan fingerprint density at radius 1 is 1.38 bits per heavy atom. The summed E-state index contributed by atoms with van der Waals surface area (Å²) in [7, 11) is 0. The van der Waals surface area contributed by atoms with E-state index in [2.05, 4.69) is 0 Å². The number of hydrogen-bond acceptors (Lipinski definition) is 3. The minimum atomic E-state index is -0.0462. The first kappa shape index (κ1) is 10.1. The molecular weight excluding hydrogens is 182 g/mol. The summed E-state index contributed by atoms with van der Waals surface area (Å²) in [5.41, 5.74) is 12.2. The van der Waals surface area contributed by atoms with Gasteiger partial charge < -0.3 is 11.5 Å². The van der Waals surface area contributed by atoms with Gasteiger partial charge in [-0.2, -0.15) is 0 Å². The summed E-state index contributed by atoms with van der Waals surface area (Å²) in [6, 6.07) is 9.77. The van der Waals surface area contributed by atoms with E-state index in [1.54, 1.807) is 0 Å². The van der Waals surface area contributed by atoms with E-state index < -0.39 is 0 Å². The lowest BCUT2D eigenvalue weighted by molar-refractivity contribution is 0.833. The molecule has 0 spiro atoms. The maximum absolute atomic E-state index is 7.04. The number of hydrogen-bond donors (Lipinski definition) is 3. The van der Waals surface area contributed by atoms with Crippen LogP contribution in [0.4, 0.5) is 0 Å². The maximum Gasteiger partial charge on any atom is 0.151 e. The minimum Gasteiger partial charge on any atom is -0.379 e. The second-order valence-electron chi connectivity index (χ2n) is 2.69. The van der Waals surface area contributed by atoms with Crippen molar-refractivity contribution in [3.8, 4) is 0 Å². The molecule has 0 aliphatic carbocycles. The molecular formula is C9H13N3S. The van der Waals surface area contributed by atoms with E-state index in [0.29, 0.717) is 5.75 Å². The number of nitrogens with two attached hydrogens (primary N) is 2. The van der Waals surface area contributed by atoms with E-state index in [9.17, 15) is 0 Å². The van der Waals surface area contributed by atoms with E-state index in [1.807, 2.05) is 30.3 Å². The Morgan fingerprint density at radius 3 is 2.54 bits per heavy atom.